The second kappa shape index (κ2) is 11.2. The molecule has 1 heterocycles. The smallest absolute Gasteiger partial charge is 0.411 e. The van der Waals surface area contributed by atoms with E-state index < -0.39 is 28.8 Å². The van der Waals surface area contributed by atoms with Gasteiger partial charge in [0.15, 0.2) is 0 Å². The largest absolute Gasteiger partial charge is 0.453 e. The quantitative estimate of drug-likeness (QED) is 0.279. The van der Waals surface area contributed by atoms with E-state index in [-0.39, 0.29) is 11.4 Å². The fourth-order valence-corrected chi connectivity index (χ4v) is 4.17. The Labute approximate surface area is 210 Å². The zero-order chi connectivity index (χ0) is 26.5. The lowest BCUT2D eigenvalue weighted by atomic mass is 9.87. The minimum atomic E-state index is -0.721. The van der Waals surface area contributed by atoms with Crippen molar-refractivity contribution in [3.05, 3.63) is 64.0 Å². The summed E-state index contributed by atoms with van der Waals surface area (Å²) in [5, 5.41) is 17.4. The molecule has 1 aliphatic carbocycles. The van der Waals surface area contributed by atoms with E-state index in [1.54, 1.807) is 45.0 Å². The van der Waals surface area contributed by atoms with E-state index in [0.29, 0.717) is 23.2 Å². The number of ether oxygens (including phenoxy) is 2. The summed E-state index contributed by atoms with van der Waals surface area (Å²) in [4.78, 5) is 40.5. The molecule has 0 radical (unpaired) electrons. The third kappa shape index (κ3) is 6.59. The van der Waals surface area contributed by atoms with Gasteiger partial charge in [0, 0.05) is 11.8 Å². The number of methoxy groups -OCH3 is 1. The Hall–Kier alpha value is -3.95. The van der Waals surface area contributed by atoms with Crippen LogP contribution in [0.2, 0.25) is 0 Å². The first-order valence-electron chi connectivity index (χ1n) is 11.8. The van der Waals surface area contributed by atoms with Crippen LogP contribution < -0.4 is 10.6 Å². The average molecular weight is 497 g/mol. The third-order valence-corrected chi connectivity index (χ3v) is 5.69. The van der Waals surface area contributed by atoms with Crippen LogP contribution in [0.1, 0.15) is 63.0 Å². The Balaban J connectivity index is 2.11. The molecule has 1 aromatic heterocycles. The Kier molecular flexibility index (Phi) is 8.29. The van der Waals surface area contributed by atoms with Crippen LogP contribution in [0.25, 0.3) is 11.1 Å². The highest BCUT2D eigenvalue weighted by atomic mass is 16.6. The van der Waals surface area contributed by atoms with Crippen molar-refractivity contribution in [2.24, 2.45) is 0 Å². The summed E-state index contributed by atoms with van der Waals surface area (Å²) < 4.78 is 10.0. The SMILES string of the molecule is C=CC[C@H](NC(=O)OC(C)(C)C)c1cc(-c2ccc(NC(=O)OC)cc2[N+](=O)[O-])c2c(n1)CCCC2. The number of amides is 2. The van der Waals surface area contributed by atoms with Crippen LogP contribution in [0, 0.1) is 10.1 Å². The van der Waals surface area contributed by atoms with E-state index in [4.69, 9.17) is 9.72 Å². The van der Waals surface area contributed by atoms with Crippen molar-refractivity contribution < 1.29 is 24.0 Å². The number of pyridine rings is 1. The van der Waals surface area contributed by atoms with E-state index in [1.807, 2.05) is 0 Å². The summed E-state index contributed by atoms with van der Waals surface area (Å²) in [6, 6.07) is 5.78. The predicted octanol–water partition coefficient (Wildman–Crippen LogP) is 5.86. The average Bonchev–Trinajstić information content (AvgIpc) is 2.81. The van der Waals surface area contributed by atoms with Gasteiger partial charge in [-0.05, 0) is 82.2 Å². The molecule has 0 unspecified atom stereocenters. The topological polar surface area (TPSA) is 133 Å². The highest BCUT2D eigenvalue weighted by Gasteiger charge is 2.27. The number of aromatic nitrogens is 1. The zero-order valence-corrected chi connectivity index (χ0v) is 21.1. The van der Waals surface area contributed by atoms with Crippen molar-refractivity contribution in [1.82, 2.24) is 10.3 Å². The van der Waals surface area contributed by atoms with Crippen LogP contribution in [-0.2, 0) is 22.3 Å². The van der Waals surface area contributed by atoms with Crippen molar-refractivity contribution in [3.8, 4) is 11.1 Å². The first kappa shape index (κ1) is 26.7. The van der Waals surface area contributed by atoms with E-state index >= 15 is 0 Å². The van der Waals surface area contributed by atoms with Crippen LogP contribution >= 0.6 is 0 Å². The summed E-state index contributed by atoms with van der Waals surface area (Å²) in [7, 11) is 1.22. The van der Waals surface area contributed by atoms with Crippen LogP contribution in [-0.4, -0.2) is 34.8 Å². The molecule has 2 aromatic rings. The van der Waals surface area contributed by atoms with Gasteiger partial charge in [-0.1, -0.05) is 6.08 Å². The molecule has 1 aliphatic rings. The van der Waals surface area contributed by atoms with E-state index in [2.05, 4.69) is 21.9 Å². The summed E-state index contributed by atoms with van der Waals surface area (Å²) in [6.07, 6.45) is 4.15. The maximum atomic E-state index is 12.5. The number of nitro benzene ring substituents is 1. The van der Waals surface area contributed by atoms with Crippen LogP contribution in [0.15, 0.2) is 36.9 Å². The third-order valence-electron chi connectivity index (χ3n) is 5.69. The lowest BCUT2D eigenvalue weighted by molar-refractivity contribution is -0.384. The minimum absolute atomic E-state index is 0.158. The Morgan fingerprint density at radius 2 is 1.92 bits per heavy atom. The van der Waals surface area contributed by atoms with Gasteiger partial charge in [-0.25, -0.2) is 9.59 Å². The molecule has 10 heteroatoms. The molecule has 0 saturated carbocycles. The van der Waals surface area contributed by atoms with Crippen molar-refractivity contribution in [3.63, 3.8) is 0 Å². The van der Waals surface area contributed by atoms with Crippen molar-refractivity contribution in [2.75, 3.05) is 12.4 Å². The maximum Gasteiger partial charge on any atom is 0.411 e. The zero-order valence-electron chi connectivity index (χ0n) is 21.1. The summed E-state index contributed by atoms with van der Waals surface area (Å²) in [5.41, 5.74) is 2.90. The fourth-order valence-electron chi connectivity index (χ4n) is 4.17. The van der Waals surface area contributed by atoms with E-state index in [1.165, 1.54) is 13.2 Å². The summed E-state index contributed by atoms with van der Waals surface area (Å²) >= 11 is 0. The van der Waals surface area contributed by atoms with Gasteiger partial charge < -0.3 is 14.8 Å². The monoisotopic (exact) mass is 496 g/mol. The van der Waals surface area contributed by atoms with E-state index in [9.17, 15) is 19.7 Å². The number of nitro groups is 1. The van der Waals surface area contributed by atoms with Gasteiger partial charge in [-0.3, -0.25) is 20.4 Å². The van der Waals surface area contributed by atoms with Gasteiger partial charge in [-0.2, -0.15) is 0 Å². The first-order valence-corrected chi connectivity index (χ1v) is 11.8. The molecule has 2 N–H and O–H groups in total. The van der Waals surface area contributed by atoms with Gasteiger partial charge in [0.2, 0.25) is 0 Å². The van der Waals surface area contributed by atoms with Crippen molar-refractivity contribution in [1.29, 1.82) is 0 Å². The fraction of sp³-hybridized carbons (Fsp3) is 0.423. The number of hydrogen-bond acceptors (Lipinski definition) is 7. The Morgan fingerprint density at radius 1 is 1.19 bits per heavy atom. The highest BCUT2D eigenvalue weighted by Crippen LogP contribution is 2.39. The Bertz CT molecular complexity index is 1170. The molecule has 0 fully saturated rings. The van der Waals surface area contributed by atoms with Crippen LogP contribution in [0.5, 0.6) is 0 Å². The van der Waals surface area contributed by atoms with Gasteiger partial charge in [0.25, 0.3) is 5.69 Å². The molecule has 0 aliphatic heterocycles. The number of nitrogens with one attached hydrogen (secondary N) is 2. The second-order valence-corrected chi connectivity index (χ2v) is 9.56. The lowest BCUT2D eigenvalue weighted by Crippen LogP contribution is -2.35. The molecular formula is C26H32N4O6. The first-order chi connectivity index (χ1) is 17.0. The predicted molar refractivity (Wildman–Crippen MR) is 136 cm³/mol. The van der Waals surface area contributed by atoms with Gasteiger partial charge in [-0.15, -0.1) is 6.58 Å². The highest BCUT2D eigenvalue weighted by molar-refractivity contribution is 5.87. The molecule has 10 nitrogen and oxygen atoms in total. The van der Waals surface area contributed by atoms with Gasteiger partial charge in [0.05, 0.1) is 35.0 Å². The molecule has 0 bridgehead atoms. The number of hydrogen-bond donors (Lipinski definition) is 2. The summed E-state index contributed by atoms with van der Waals surface area (Å²) in [6.45, 7) is 9.14. The van der Waals surface area contributed by atoms with Crippen molar-refractivity contribution >= 4 is 23.6 Å². The normalized spacial score (nSPS) is 13.7. The number of carbonyl (C=O) groups excluding carboxylic acids is 2. The Morgan fingerprint density at radius 3 is 2.56 bits per heavy atom. The minimum Gasteiger partial charge on any atom is -0.453 e. The number of aryl methyl sites for hydroxylation is 1. The number of fused-ring (bicyclic) bond motifs is 1. The number of rotatable bonds is 7. The molecule has 3 rings (SSSR count). The molecule has 2 amide bonds. The summed E-state index contributed by atoms with van der Waals surface area (Å²) in [5.74, 6) is 0. The number of anilines is 1. The van der Waals surface area contributed by atoms with E-state index in [0.717, 1.165) is 36.9 Å². The number of nitrogens with zero attached hydrogens (tertiary/aromatic N) is 2. The maximum absolute atomic E-state index is 12.5. The van der Waals surface area contributed by atoms with Crippen LogP contribution in [0.4, 0.5) is 21.0 Å². The number of carbonyl (C=O) groups is 2. The standard InChI is InChI=1S/C26H32N4O6/c1-6-9-21(29-25(32)36-26(2,3)4)22-15-19(17-10-7-8-11-20(17)28-22)18-13-12-16(27-24(31)35-5)14-23(18)30(33)34/h6,12-15,21H,1,7-11H2,2-5H3,(H,27,31)(H,29,32)/t21-/m0/s1. The molecular weight excluding hydrogens is 464 g/mol. The van der Waals surface area contributed by atoms with Gasteiger partial charge >= 0.3 is 12.2 Å². The molecule has 192 valence electrons. The molecule has 36 heavy (non-hydrogen) atoms. The molecule has 1 aromatic carbocycles. The second-order valence-electron chi connectivity index (χ2n) is 9.56. The molecule has 0 spiro atoms. The molecule has 1 atom stereocenters. The number of alkyl carbamates (subject to hydrolysis) is 1. The molecule has 0 saturated heterocycles. The van der Waals surface area contributed by atoms with Gasteiger partial charge in [0.1, 0.15) is 5.60 Å². The van der Waals surface area contributed by atoms with Crippen LogP contribution in [0.3, 0.4) is 0 Å². The van der Waals surface area contributed by atoms with Crippen molar-refractivity contribution in [2.45, 2.75) is 64.5 Å². The number of benzene rings is 1. The lowest BCUT2D eigenvalue weighted by Gasteiger charge is -2.25.